The summed E-state index contributed by atoms with van der Waals surface area (Å²) in [6.07, 6.45) is 1.16. The van der Waals surface area contributed by atoms with E-state index < -0.39 is 5.91 Å². The van der Waals surface area contributed by atoms with Gasteiger partial charge in [0.15, 0.2) is 0 Å². The van der Waals surface area contributed by atoms with Crippen molar-refractivity contribution in [2.45, 2.75) is 47.1 Å². The van der Waals surface area contributed by atoms with Gasteiger partial charge in [-0.2, -0.15) is 5.06 Å². The first-order valence-corrected chi connectivity index (χ1v) is 9.00. The summed E-state index contributed by atoms with van der Waals surface area (Å²) in [4.78, 5) is 12.0. The molecule has 2 aromatic carbocycles. The Balaban J connectivity index is 2.30. The van der Waals surface area contributed by atoms with E-state index in [1.54, 1.807) is 13.0 Å². The highest BCUT2D eigenvalue weighted by molar-refractivity contribution is 5.93. The second-order valence-electron chi connectivity index (χ2n) is 6.00. The molecule has 1 amide bonds. The van der Waals surface area contributed by atoms with E-state index in [0.29, 0.717) is 28.7 Å². The van der Waals surface area contributed by atoms with Gasteiger partial charge in [0.25, 0.3) is 5.91 Å². The van der Waals surface area contributed by atoms with Crippen LogP contribution in [-0.4, -0.2) is 17.7 Å². The Hall–Kier alpha value is -2.53. The van der Waals surface area contributed by atoms with E-state index in [-0.39, 0.29) is 13.0 Å². The van der Waals surface area contributed by atoms with Gasteiger partial charge in [0, 0.05) is 12.0 Å². The molecule has 0 saturated carbocycles. The van der Waals surface area contributed by atoms with E-state index in [1.807, 2.05) is 38.1 Å². The number of para-hydroxylation sites is 1. The second-order valence-corrected chi connectivity index (χ2v) is 6.00. The van der Waals surface area contributed by atoms with Crippen molar-refractivity contribution in [3.8, 4) is 11.5 Å². The Morgan fingerprint density at radius 3 is 2.46 bits per heavy atom. The summed E-state index contributed by atoms with van der Waals surface area (Å²) in [6.45, 7) is 8.32. The van der Waals surface area contributed by atoms with Crippen molar-refractivity contribution in [2.24, 2.45) is 0 Å². The van der Waals surface area contributed by atoms with Gasteiger partial charge in [-0.15, -0.1) is 0 Å². The SMILES string of the molecule is CCOc1cccc(COc2ccc(CC)cc2C)c1N(O)C(=O)CC. The lowest BCUT2D eigenvalue weighted by Gasteiger charge is -2.22. The molecule has 5 nitrogen and oxygen atoms in total. The topological polar surface area (TPSA) is 59.0 Å². The molecule has 1 N–H and O–H groups in total. The summed E-state index contributed by atoms with van der Waals surface area (Å²) >= 11 is 0. The fourth-order valence-electron chi connectivity index (χ4n) is 2.72. The van der Waals surface area contributed by atoms with Gasteiger partial charge >= 0.3 is 0 Å². The standard InChI is InChI=1S/C21H27NO4/c1-5-16-11-12-18(15(4)13-16)26-14-17-9-8-10-19(25-7-3)21(17)22(24)20(23)6-2/h8-13,24H,5-7,14H2,1-4H3. The minimum atomic E-state index is -0.401. The second kappa shape index (κ2) is 9.25. The molecular weight excluding hydrogens is 330 g/mol. The van der Waals surface area contributed by atoms with E-state index in [0.717, 1.165) is 17.7 Å². The van der Waals surface area contributed by atoms with Crippen molar-refractivity contribution in [3.63, 3.8) is 0 Å². The average molecular weight is 357 g/mol. The molecule has 0 radical (unpaired) electrons. The number of hydrogen-bond donors (Lipinski definition) is 1. The normalized spacial score (nSPS) is 10.5. The third kappa shape index (κ3) is 4.55. The summed E-state index contributed by atoms with van der Waals surface area (Å²) in [5.74, 6) is 0.833. The maximum atomic E-state index is 12.0. The van der Waals surface area contributed by atoms with Crippen LogP contribution in [0.3, 0.4) is 0 Å². The van der Waals surface area contributed by atoms with E-state index in [4.69, 9.17) is 9.47 Å². The maximum Gasteiger partial charge on any atom is 0.250 e. The number of benzene rings is 2. The third-order valence-corrected chi connectivity index (χ3v) is 4.16. The molecule has 140 valence electrons. The molecule has 26 heavy (non-hydrogen) atoms. The van der Waals surface area contributed by atoms with Gasteiger partial charge in [-0.25, -0.2) is 0 Å². The van der Waals surface area contributed by atoms with Crippen molar-refractivity contribution in [1.29, 1.82) is 0 Å². The quantitative estimate of drug-likeness (QED) is 0.551. The molecule has 0 aromatic heterocycles. The molecule has 0 saturated heterocycles. The van der Waals surface area contributed by atoms with E-state index >= 15 is 0 Å². The molecule has 0 aliphatic rings. The summed E-state index contributed by atoms with van der Waals surface area (Å²) in [5, 5.41) is 11.0. The number of amides is 1. The van der Waals surface area contributed by atoms with Crippen LogP contribution in [0, 0.1) is 6.92 Å². The van der Waals surface area contributed by atoms with Crippen LogP contribution >= 0.6 is 0 Å². The fourth-order valence-corrected chi connectivity index (χ4v) is 2.72. The van der Waals surface area contributed by atoms with Crippen LogP contribution in [0.2, 0.25) is 0 Å². The van der Waals surface area contributed by atoms with Crippen molar-refractivity contribution >= 4 is 11.6 Å². The predicted molar refractivity (Wildman–Crippen MR) is 102 cm³/mol. The average Bonchev–Trinajstić information content (AvgIpc) is 2.66. The summed E-state index contributed by atoms with van der Waals surface area (Å²) in [6, 6.07) is 11.5. The van der Waals surface area contributed by atoms with Gasteiger partial charge in [-0.3, -0.25) is 10.0 Å². The van der Waals surface area contributed by atoms with Crippen molar-refractivity contribution < 1.29 is 19.5 Å². The van der Waals surface area contributed by atoms with Gasteiger partial charge in [0.2, 0.25) is 0 Å². The summed E-state index contributed by atoms with van der Waals surface area (Å²) < 4.78 is 11.5. The lowest BCUT2D eigenvalue weighted by atomic mass is 10.1. The van der Waals surface area contributed by atoms with Gasteiger partial charge in [0.05, 0.1) is 6.61 Å². The maximum absolute atomic E-state index is 12.0. The number of rotatable bonds is 8. The van der Waals surface area contributed by atoms with Gasteiger partial charge in [-0.1, -0.05) is 38.1 Å². The number of aryl methyl sites for hydroxylation is 2. The number of nitrogens with zero attached hydrogens (tertiary/aromatic N) is 1. The molecule has 2 rings (SSSR count). The van der Waals surface area contributed by atoms with Gasteiger partial charge in [-0.05, 0) is 43.5 Å². The first-order chi connectivity index (χ1) is 12.5. The Bertz CT molecular complexity index is 758. The monoisotopic (exact) mass is 357 g/mol. The van der Waals surface area contributed by atoms with E-state index in [1.165, 1.54) is 5.56 Å². The van der Waals surface area contributed by atoms with E-state index in [2.05, 4.69) is 13.0 Å². The summed E-state index contributed by atoms with van der Waals surface area (Å²) in [5.41, 5.74) is 3.32. The van der Waals surface area contributed by atoms with Gasteiger partial charge in [0.1, 0.15) is 23.8 Å². The fraction of sp³-hybridized carbons (Fsp3) is 0.381. The number of hydroxylamine groups is 1. The molecule has 0 atom stereocenters. The Kier molecular flexibility index (Phi) is 7.04. The first-order valence-electron chi connectivity index (χ1n) is 9.00. The predicted octanol–water partition coefficient (Wildman–Crippen LogP) is 4.67. The highest BCUT2D eigenvalue weighted by Gasteiger charge is 2.21. The highest BCUT2D eigenvalue weighted by Crippen LogP contribution is 2.33. The molecule has 0 unspecified atom stereocenters. The number of hydrogen-bond acceptors (Lipinski definition) is 4. The zero-order valence-electron chi connectivity index (χ0n) is 15.9. The molecular formula is C21H27NO4. The van der Waals surface area contributed by atoms with Crippen LogP contribution in [0.1, 0.15) is 43.9 Å². The molecule has 0 heterocycles. The molecule has 0 bridgehead atoms. The molecule has 5 heteroatoms. The third-order valence-electron chi connectivity index (χ3n) is 4.16. The Labute approximate surface area is 155 Å². The molecule has 2 aromatic rings. The molecule has 0 aliphatic heterocycles. The number of carbonyl (C=O) groups is 1. The lowest BCUT2D eigenvalue weighted by molar-refractivity contribution is -0.123. The largest absolute Gasteiger partial charge is 0.492 e. The van der Waals surface area contributed by atoms with Crippen LogP contribution < -0.4 is 14.5 Å². The number of ether oxygens (including phenoxy) is 2. The molecule has 0 fully saturated rings. The minimum Gasteiger partial charge on any atom is -0.492 e. The van der Waals surface area contributed by atoms with Crippen LogP contribution in [0.15, 0.2) is 36.4 Å². The van der Waals surface area contributed by atoms with Crippen molar-refractivity contribution in [2.75, 3.05) is 11.7 Å². The van der Waals surface area contributed by atoms with Crippen LogP contribution in [0.25, 0.3) is 0 Å². The Morgan fingerprint density at radius 2 is 1.85 bits per heavy atom. The van der Waals surface area contributed by atoms with Crippen molar-refractivity contribution in [1.82, 2.24) is 0 Å². The lowest BCUT2D eigenvalue weighted by Crippen LogP contribution is -2.28. The molecule has 0 aliphatic carbocycles. The van der Waals surface area contributed by atoms with Crippen LogP contribution in [0.5, 0.6) is 11.5 Å². The number of anilines is 1. The Morgan fingerprint density at radius 1 is 1.08 bits per heavy atom. The zero-order chi connectivity index (χ0) is 19.1. The van der Waals surface area contributed by atoms with Crippen LogP contribution in [0.4, 0.5) is 5.69 Å². The van der Waals surface area contributed by atoms with Crippen LogP contribution in [-0.2, 0) is 17.8 Å². The number of carbonyl (C=O) groups excluding carboxylic acids is 1. The smallest absolute Gasteiger partial charge is 0.250 e. The summed E-state index contributed by atoms with van der Waals surface area (Å²) in [7, 11) is 0. The van der Waals surface area contributed by atoms with Gasteiger partial charge < -0.3 is 9.47 Å². The van der Waals surface area contributed by atoms with Crippen molar-refractivity contribution in [3.05, 3.63) is 53.1 Å². The zero-order valence-corrected chi connectivity index (χ0v) is 15.9. The molecule has 0 spiro atoms. The first kappa shape index (κ1) is 19.8. The van der Waals surface area contributed by atoms with E-state index in [9.17, 15) is 10.0 Å². The minimum absolute atomic E-state index is 0.189. The highest BCUT2D eigenvalue weighted by atomic mass is 16.5.